The number of hydrogen-bond acceptors (Lipinski definition) is 5. The fraction of sp³-hybridized carbons (Fsp3) is 0.227. The Morgan fingerprint density at radius 2 is 1.52 bits per heavy atom. The number of hydrogen-bond donors (Lipinski definition) is 0. The molecule has 1 aromatic heterocycles. The van der Waals surface area contributed by atoms with Crippen molar-refractivity contribution in [2.24, 2.45) is 0 Å². The number of ether oxygens (including phenoxy) is 1. The number of para-hydroxylation sites is 2. The summed E-state index contributed by atoms with van der Waals surface area (Å²) in [5.74, 6) is -0.891. The average Bonchev–Trinajstić information content (AvgIpc) is 3.30. The van der Waals surface area contributed by atoms with Crippen LogP contribution in [0.5, 0.6) is 11.5 Å². The number of thiophene rings is 1. The van der Waals surface area contributed by atoms with Crippen LogP contribution in [0.2, 0.25) is 0 Å². The van der Waals surface area contributed by atoms with Crippen molar-refractivity contribution in [3.63, 3.8) is 0 Å². The zero-order valence-corrected chi connectivity index (χ0v) is 18.8. The second kappa shape index (κ2) is 9.16. The zero-order valence-electron chi connectivity index (χ0n) is 17.2. The molecule has 0 saturated carbocycles. The van der Waals surface area contributed by atoms with Gasteiger partial charge in [-0.15, -0.1) is 11.3 Å². The third-order valence-corrected chi connectivity index (χ3v) is 8.48. The number of rotatable bonds is 5. The fourth-order valence-corrected chi connectivity index (χ4v) is 6.45. The molecule has 0 radical (unpaired) electrons. The highest BCUT2D eigenvalue weighted by atomic mass is 32.2. The molecule has 4 rings (SSSR count). The number of alkyl halides is 3. The maximum atomic E-state index is 13.4. The van der Waals surface area contributed by atoms with Crippen LogP contribution in [0.1, 0.15) is 0 Å². The normalized spacial score (nSPS) is 15.4. The van der Waals surface area contributed by atoms with Crippen molar-refractivity contribution in [2.45, 2.75) is 10.4 Å². The Bertz CT molecular complexity index is 1240. The van der Waals surface area contributed by atoms with Gasteiger partial charge in [0.05, 0.1) is 0 Å². The van der Waals surface area contributed by atoms with E-state index >= 15 is 0 Å². The van der Waals surface area contributed by atoms with Gasteiger partial charge in [-0.3, -0.25) is 4.79 Å². The molecule has 11 heteroatoms. The Balaban J connectivity index is 1.59. The molecule has 2 heterocycles. The van der Waals surface area contributed by atoms with E-state index in [0.29, 0.717) is 27.5 Å². The predicted octanol–water partition coefficient (Wildman–Crippen LogP) is 4.60. The Morgan fingerprint density at radius 3 is 2.18 bits per heavy atom. The first-order chi connectivity index (χ1) is 15.7. The lowest BCUT2D eigenvalue weighted by Crippen LogP contribution is -2.53. The minimum Gasteiger partial charge on any atom is -0.457 e. The zero-order chi connectivity index (χ0) is 23.6. The van der Waals surface area contributed by atoms with Gasteiger partial charge in [-0.1, -0.05) is 36.4 Å². The topological polar surface area (TPSA) is 66.9 Å². The smallest absolute Gasteiger partial charge is 0.457 e. The van der Waals surface area contributed by atoms with Gasteiger partial charge in [0.2, 0.25) is 0 Å². The van der Waals surface area contributed by atoms with Gasteiger partial charge in [0.15, 0.2) is 0 Å². The number of amides is 1. The molecule has 1 amide bonds. The van der Waals surface area contributed by atoms with Crippen LogP contribution >= 0.6 is 11.3 Å². The van der Waals surface area contributed by atoms with Crippen LogP contribution in [0, 0.1) is 0 Å². The fourth-order valence-electron chi connectivity index (χ4n) is 3.52. The van der Waals surface area contributed by atoms with Crippen LogP contribution in [0.25, 0.3) is 11.1 Å². The van der Waals surface area contributed by atoms with E-state index < -0.39 is 22.1 Å². The molecule has 1 aliphatic heterocycles. The highest BCUT2D eigenvalue weighted by molar-refractivity contribution is 7.91. The molecule has 33 heavy (non-hydrogen) atoms. The van der Waals surface area contributed by atoms with Crippen LogP contribution in [0.3, 0.4) is 0 Å². The minimum atomic E-state index is -4.98. The van der Waals surface area contributed by atoms with Gasteiger partial charge in [0, 0.05) is 37.3 Å². The summed E-state index contributed by atoms with van der Waals surface area (Å²) in [6, 6.07) is 17.8. The van der Waals surface area contributed by atoms with Crippen molar-refractivity contribution in [1.29, 1.82) is 0 Å². The predicted molar refractivity (Wildman–Crippen MR) is 118 cm³/mol. The van der Waals surface area contributed by atoms with Crippen molar-refractivity contribution in [3.8, 4) is 22.6 Å². The summed E-state index contributed by atoms with van der Waals surface area (Å²) >= 11 is 1.03. The van der Waals surface area contributed by atoms with E-state index in [2.05, 4.69) is 0 Å². The molecule has 1 saturated heterocycles. The highest BCUT2D eigenvalue weighted by Gasteiger charge is 2.44. The SMILES string of the molecule is O=C(N1CCN(S(=O)(=O)c2sccc2-c2ccccc2Oc2ccccc2)CC1)C(F)(F)F. The number of sulfonamides is 1. The molecule has 0 N–H and O–H groups in total. The van der Waals surface area contributed by atoms with Crippen molar-refractivity contribution in [2.75, 3.05) is 26.2 Å². The summed E-state index contributed by atoms with van der Waals surface area (Å²) in [6.45, 7) is -1.09. The van der Waals surface area contributed by atoms with Crippen LogP contribution < -0.4 is 4.74 Å². The van der Waals surface area contributed by atoms with Crippen molar-refractivity contribution in [3.05, 3.63) is 66.0 Å². The number of benzene rings is 2. The van der Waals surface area contributed by atoms with E-state index in [9.17, 15) is 26.4 Å². The molecule has 0 unspecified atom stereocenters. The number of carbonyl (C=O) groups excluding carboxylic acids is 1. The Kier molecular flexibility index (Phi) is 6.46. The Morgan fingerprint density at radius 1 is 0.879 bits per heavy atom. The van der Waals surface area contributed by atoms with Gasteiger partial charge in [-0.25, -0.2) is 8.42 Å². The Hall–Kier alpha value is -2.89. The summed E-state index contributed by atoms with van der Waals surface area (Å²) in [5.41, 5.74) is 1.02. The third-order valence-electron chi connectivity index (χ3n) is 5.12. The van der Waals surface area contributed by atoms with Crippen LogP contribution in [-0.4, -0.2) is 55.9 Å². The largest absolute Gasteiger partial charge is 0.471 e. The molecule has 0 atom stereocenters. The molecule has 0 bridgehead atoms. The summed E-state index contributed by atoms with van der Waals surface area (Å²) < 4.78 is 71.9. The first-order valence-corrected chi connectivity index (χ1v) is 12.3. The van der Waals surface area contributed by atoms with E-state index in [4.69, 9.17) is 4.74 Å². The van der Waals surface area contributed by atoms with Gasteiger partial charge in [0.1, 0.15) is 15.7 Å². The number of nitrogens with zero attached hydrogens (tertiary/aromatic N) is 2. The highest BCUT2D eigenvalue weighted by Crippen LogP contribution is 2.40. The number of piperazine rings is 1. The minimum absolute atomic E-state index is 0.0715. The lowest BCUT2D eigenvalue weighted by atomic mass is 10.1. The summed E-state index contributed by atoms with van der Waals surface area (Å²) in [7, 11) is -3.99. The summed E-state index contributed by atoms with van der Waals surface area (Å²) in [4.78, 5) is 12.1. The lowest BCUT2D eigenvalue weighted by Gasteiger charge is -2.34. The molecule has 1 aliphatic rings. The van der Waals surface area contributed by atoms with E-state index in [1.54, 1.807) is 47.8 Å². The number of halogens is 3. The molecule has 174 valence electrons. The van der Waals surface area contributed by atoms with Gasteiger partial charge >= 0.3 is 12.1 Å². The summed E-state index contributed by atoms with van der Waals surface area (Å²) in [6.07, 6.45) is -4.98. The Labute approximate surface area is 192 Å². The molecule has 1 fully saturated rings. The van der Waals surface area contributed by atoms with Crippen LogP contribution in [-0.2, 0) is 14.8 Å². The molecular weight excluding hydrogens is 477 g/mol. The average molecular weight is 497 g/mol. The van der Waals surface area contributed by atoms with Crippen molar-refractivity contribution in [1.82, 2.24) is 9.21 Å². The molecule has 0 aliphatic carbocycles. The van der Waals surface area contributed by atoms with E-state index in [1.807, 2.05) is 18.2 Å². The quantitative estimate of drug-likeness (QED) is 0.518. The maximum absolute atomic E-state index is 13.4. The third kappa shape index (κ3) is 4.90. The van der Waals surface area contributed by atoms with Crippen molar-refractivity contribution >= 4 is 27.3 Å². The lowest BCUT2D eigenvalue weighted by molar-refractivity contribution is -0.186. The van der Waals surface area contributed by atoms with Crippen LogP contribution in [0.15, 0.2) is 70.3 Å². The first kappa shape index (κ1) is 23.3. The summed E-state index contributed by atoms with van der Waals surface area (Å²) in [5, 5.41) is 1.64. The van der Waals surface area contributed by atoms with Crippen LogP contribution in [0.4, 0.5) is 13.2 Å². The monoisotopic (exact) mass is 496 g/mol. The van der Waals surface area contributed by atoms with Gasteiger partial charge in [-0.05, 0) is 29.6 Å². The standard InChI is InChI=1S/C22H19F3N2O4S2/c23-22(24,25)21(28)26-11-13-27(14-12-26)33(29,30)20-18(10-15-32-20)17-8-4-5-9-19(17)31-16-6-2-1-3-7-16/h1-10,15H,11-14H2. The van der Waals surface area contributed by atoms with Gasteiger partial charge in [0.25, 0.3) is 10.0 Å². The van der Waals surface area contributed by atoms with E-state index in [-0.39, 0.29) is 30.4 Å². The van der Waals surface area contributed by atoms with E-state index in [1.165, 1.54) is 0 Å². The second-order valence-corrected chi connectivity index (χ2v) is 10.3. The van der Waals surface area contributed by atoms with E-state index in [0.717, 1.165) is 15.6 Å². The van der Waals surface area contributed by atoms with Gasteiger partial charge in [-0.2, -0.15) is 17.5 Å². The van der Waals surface area contributed by atoms with Crippen molar-refractivity contribution < 1.29 is 31.1 Å². The molecule has 6 nitrogen and oxygen atoms in total. The second-order valence-electron chi connectivity index (χ2n) is 7.23. The molecular formula is C22H19F3N2O4S2. The maximum Gasteiger partial charge on any atom is 0.471 e. The number of carbonyl (C=O) groups is 1. The molecule has 3 aromatic rings. The first-order valence-electron chi connectivity index (χ1n) is 9.94. The molecule has 0 spiro atoms. The van der Waals surface area contributed by atoms with Gasteiger partial charge < -0.3 is 9.64 Å². The molecule has 2 aromatic carbocycles.